The van der Waals surface area contributed by atoms with E-state index in [9.17, 15) is 9.59 Å². The highest BCUT2D eigenvalue weighted by molar-refractivity contribution is 5.83. The van der Waals surface area contributed by atoms with Gasteiger partial charge in [0.25, 0.3) is 11.5 Å². The van der Waals surface area contributed by atoms with Gasteiger partial charge in [0.15, 0.2) is 23.0 Å². The average Bonchev–Trinajstić information content (AvgIpc) is 2.87. The van der Waals surface area contributed by atoms with E-state index in [4.69, 9.17) is 18.9 Å². The monoisotopic (exact) mass is 452 g/mol. The molecule has 1 unspecified atom stereocenters. The number of nitrogens with one attached hydrogen (secondary N) is 1. The van der Waals surface area contributed by atoms with E-state index >= 15 is 0 Å². The van der Waals surface area contributed by atoms with Crippen LogP contribution in [0.5, 0.6) is 23.0 Å². The molecule has 1 aromatic heterocycles. The number of methoxy groups -OCH3 is 2. The molecule has 10 heteroatoms. The lowest BCUT2D eigenvalue weighted by Gasteiger charge is -2.37. The fraction of sp³-hybridized carbons (Fsp3) is 0.348. The first-order chi connectivity index (χ1) is 16.1. The Bertz CT molecular complexity index is 1250. The van der Waals surface area contributed by atoms with Gasteiger partial charge in [-0.15, -0.1) is 0 Å². The number of fused-ring (bicyclic) bond motifs is 2. The Labute approximate surface area is 189 Å². The third-order valence-electron chi connectivity index (χ3n) is 5.87. The van der Waals surface area contributed by atoms with Crippen LogP contribution in [0, 0.1) is 0 Å². The number of carbonyl (C=O) groups excluding carboxylic acids is 1. The molecule has 0 radical (unpaired) electrons. The quantitative estimate of drug-likeness (QED) is 0.634. The fourth-order valence-electron chi connectivity index (χ4n) is 4.09. The number of aromatic nitrogens is 2. The van der Waals surface area contributed by atoms with Gasteiger partial charge in [0.2, 0.25) is 12.1 Å². The maximum absolute atomic E-state index is 13.0. The maximum Gasteiger partial charge on any atom is 0.267 e. The first-order valence-corrected chi connectivity index (χ1v) is 10.7. The number of para-hydroxylation sites is 2. The lowest BCUT2D eigenvalue weighted by molar-refractivity contribution is -0.141. The molecule has 3 heterocycles. The standard InChI is InChI=1S/C23H24N4O6/c1-30-18-11-14-15(12-19(18)31-2)24-23(25-21(14)28)27-9-7-26(8-10-27)22(29)20-13-32-16-5-3-4-6-17(16)33-20/h3-6,11-12,20H,7-10,13H2,1-2H3,(H,24,25,28). The van der Waals surface area contributed by atoms with E-state index in [1.54, 1.807) is 23.1 Å². The van der Waals surface area contributed by atoms with Crippen molar-refractivity contribution in [2.45, 2.75) is 6.10 Å². The van der Waals surface area contributed by atoms with Crippen LogP contribution in [0.1, 0.15) is 0 Å². The molecule has 1 N–H and O–H groups in total. The van der Waals surface area contributed by atoms with Gasteiger partial charge in [0, 0.05) is 32.2 Å². The Morgan fingerprint density at radius 1 is 1.06 bits per heavy atom. The molecule has 1 fully saturated rings. The molecular weight excluding hydrogens is 428 g/mol. The van der Waals surface area contributed by atoms with Crippen LogP contribution in [0.25, 0.3) is 10.9 Å². The van der Waals surface area contributed by atoms with Crippen LogP contribution < -0.4 is 29.4 Å². The molecule has 0 bridgehead atoms. The van der Waals surface area contributed by atoms with Crippen LogP contribution in [0.15, 0.2) is 41.2 Å². The van der Waals surface area contributed by atoms with Gasteiger partial charge in [-0.1, -0.05) is 12.1 Å². The van der Waals surface area contributed by atoms with Crippen LogP contribution in [-0.4, -0.2) is 73.9 Å². The third-order valence-corrected chi connectivity index (χ3v) is 5.87. The molecule has 2 aromatic carbocycles. The number of rotatable bonds is 4. The van der Waals surface area contributed by atoms with E-state index in [0.717, 1.165) is 0 Å². The van der Waals surface area contributed by atoms with Crippen LogP contribution in [0.4, 0.5) is 5.95 Å². The molecule has 172 valence electrons. The Hall–Kier alpha value is -3.95. The largest absolute Gasteiger partial charge is 0.493 e. The summed E-state index contributed by atoms with van der Waals surface area (Å²) in [6, 6.07) is 10.6. The van der Waals surface area contributed by atoms with Gasteiger partial charge < -0.3 is 28.7 Å². The first kappa shape index (κ1) is 20.9. The average molecular weight is 452 g/mol. The number of piperazine rings is 1. The molecular formula is C23H24N4O6. The lowest BCUT2D eigenvalue weighted by atomic mass is 10.2. The smallest absolute Gasteiger partial charge is 0.267 e. The van der Waals surface area contributed by atoms with Gasteiger partial charge in [-0.2, -0.15) is 0 Å². The van der Waals surface area contributed by atoms with Gasteiger partial charge >= 0.3 is 0 Å². The normalized spacial score (nSPS) is 17.7. The summed E-state index contributed by atoms with van der Waals surface area (Å²) in [6.45, 7) is 2.19. The van der Waals surface area contributed by atoms with Crippen LogP contribution >= 0.6 is 0 Å². The number of H-pyrrole nitrogens is 1. The summed E-state index contributed by atoms with van der Waals surface area (Å²) >= 11 is 0. The molecule has 1 atom stereocenters. The second-order valence-corrected chi connectivity index (χ2v) is 7.79. The molecule has 0 spiro atoms. The van der Waals surface area contributed by atoms with E-state index in [2.05, 4.69) is 9.97 Å². The Kier molecular flexibility index (Phi) is 5.41. The number of amides is 1. The Morgan fingerprint density at radius 2 is 1.76 bits per heavy atom. The maximum atomic E-state index is 13.0. The van der Waals surface area contributed by atoms with Crippen molar-refractivity contribution in [3.63, 3.8) is 0 Å². The summed E-state index contributed by atoms with van der Waals surface area (Å²) in [6.07, 6.45) is -0.674. The van der Waals surface area contributed by atoms with Crippen molar-refractivity contribution in [2.75, 3.05) is 51.9 Å². The molecule has 0 aliphatic carbocycles. The zero-order valence-corrected chi connectivity index (χ0v) is 18.4. The number of benzene rings is 2. The van der Waals surface area contributed by atoms with E-state index < -0.39 is 6.10 Å². The highest BCUT2D eigenvalue weighted by atomic mass is 16.6. The summed E-state index contributed by atoms with van der Waals surface area (Å²) < 4.78 is 22.1. The van der Waals surface area contributed by atoms with Crippen LogP contribution in [0.2, 0.25) is 0 Å². The summed E-state index contributed by atoms with van der Waals surface area (Å²) in [4.78, 5) is 36.8. The number of aromatic amines is 1. The second-order valence-electron chi connectivity index (χ2n) is 7.79. The van der Waals surface area contributed by atoms with Crippen molar-refractivity contribution in [3.05, 3.63) is 46.8 Å². The molecule has 0 saturated carbocycles. The topological polar surface area (TPSA) is 106 Å². The van der Waals surface area contributed by atoms with Crippen molar-refractivity contribution in [2.24, 2.45) is 0 Å². The predicted molar refractivity (Wildman–Crippen MR) is 121 cm³/mol. The van der Waals surface area contributed by atoms with E-state index in [1.807, 2.05) is 23.1 Å². The van der Waals surface area contributed by atoms with Gasteiger partial charge in [0.05, 0.1) is 25.1 Å². The van der Waals surface area contributed by atoms with Crippen molar-refractivity contribution < 1.29 is 23.7 Å². The summed E-state index contributed by atoms with van der Waals surface area (Å²) in [7, 11) is 3.05. The minimum absolute atomic E-state index is 0.110. The van der Waals surface area contributed by atoms with Gasteiger partial charge in [-0.25, -0.2) is 4.98 Å². The number of anilines is 1. The molecule has 1 amide bonds. The Morgan fingerprint density at radius 3 is 2.48 bits per heavy atom. The van der Waals surface area contributed by atoms with Gasteiger partial charge in [0.1, 0.15) is 6.61 Å². The van der Waals surface area contributed by atoms with Crippen LogP contribution in [0.3, 0.4) is 0 Å². The summed E-state index contributed by atoms with van der Waals surface area (Å²) in [5, 5.41) is 0.417. The molecule has 3 aromatic rings. The second kappa shape index (κ2) is 8.53. The minimum Gasteiger partial charge on any atom is -0.493 e. The van der Waals surface area contributed by atoms with Crippen molar-refractivity contribution in [3.8, 4) is 23.0 Å². The number of hydrogen-bond donors (Lipinski definition) is 1. The molecule has 2 aliphatic heterocycles. The highest BCUT2D eigenvalue weighted by Gasteiger charge is 2.33. The first-order valence-electron chi connectivity index (χ1n) is 10.7. The summed E-state index contributed by atoms with van der Waals surface area (Å²) in [5.74, 6) is 2.53. The van der Waals surface area contributed by atoms with Crippen molar-refractivity contribution in [1.82, 2.24) is 14.9 Å². The van der Waals surface area contributed by atoms with Gasteiger partial charge in [-0.05, 0) is 18.2 Å². The fourth-order valence-corrected chi connectivity index (χ4v) is 4.09. The SMILES string of the molecule is COc1cc2nc(N3CCN(C(=O)C4COc5ccccc5O4)CC3)[nH]c(=O)c2cc1OC. The number of carbonyl (C=O) groups is 1. The van der Waals surface area contributed by atoms with E-state index in [-0.39, 0.29) is 18.1 Å². The summed E-state index contributed by atoms with van der Waals surface area (Å²) in [5.41, 5.74) is 0.247. The number of nitrogens with zero attached hydrogens (tertiary/aromatic N) is 3. The zero-order valence-electron chi connectivity index (χ0n) is 18.4. The zero-order chi connectivity index (χ0) is 22.9. The number of hydrogen-bond acceptors (Lipinski definition) is 8. The van der Waals surface area contributed by atoms with E-state index in [1.165, 1.54) is 14.2 Å². The number of ether oxygens (including phenoxy) is 4. The van der Waals surface area contributed by atoms with Crippen molar-refractivity contribution >= 4 is 22.8 Å². The molecule has 33 heavy (non-hydrogen) atoms. The third kappa shape index (κ3) is 3.88. The van der Waals surface area contributed by atoms with Crippen molar-refractivity contribution in [1.29, 1.82) is 0 Å². The van der Waals surface area contributed by atoms with E-state index in [0.29, 0.717) is 66.0 Å². The molecule has 5 rings (SSSR count). The molecule has 10 nitrogen and oxygen atoms in total. The molecule has 1 saturated heterocycles. The Balaban J connectivity index is 1.29. The van der Waals surface area contributed by atoms with Crippen LogP contribution in [-0.2, 0) is 4.79 Å². The van der Waals surface area contributed by atoms with Gasteiger partial charge in [-0.3, -0.25) is 14.6 Å². The predicted octanol–water partition coefficient (Wildman–Crippen LogP) is 1.43. The minimum atomic E-state index is -0.674. The molecule has 2 aliphatic rings. The lowest BCUT2D eigenvalue weighted by Crippen LogP contribution is -2.54. The highest BCUT2D eigenvalue weighted by Crippen LogP contribution is 2.32.